The van der Waals surface area contributed by atoms with Crippen LogP contribution < -0.4 is 11.3 Å². The van der Waals surface area contributed by atoms with Crippen molar-refractivity contribution in [1.82, 2.24) is 10.4 Å². The molecule has 0 saturated heterocycles. The molecule has 18 heavy (non-hydrogen) atoms. The number of nitrogens with one attached hydrogen (secondary N) is 1. The second-order valence-corrected chi connectivity index (χ2v) is 5.15. The summed E-state index contributed by atoms with van der Waals surface area (Å²) in [6.45, 7) is 4.11. The molecule has 1 heterocycles. The summed E-state index contributed by atoms with van der Waals surface area (Å²) in [7, 11) is 0. The zero-order valence-corrected chi connectivity index (χ0v) is 11.2. The van der Waals surface area contributed by atoms with Gasteiger partial charge in [-0.3, -0.25) is 10.2 Å². The molecule has 0 fully saturated rings. The number of carbonyl (C=O) groups excluding carboxylic acids is 1. The molecule has 0 aliphatic rings. The zero-order valence-electron chi connectivity index (χ0n) is 10.4. The first-order valence-corrected chi connectivity index (χ1v) is 6.59. The third-order valence-electron chi connectivity index (χ3n) is 2.66. The minimum atomic E-state index is -0.205. The normalized spacial score (nSPS) is 10.6. The van der Waals surface area contributed by atoms with E-state index in [1.807, 2.05) is 18.2 Å². The van der Waals surface area contributed by atoms with Gasteiger partial charge in [-0.05, 0) is 37.6 Å². The number of hydrazine groups is 1. The molecule has 1 aromatic carbocycles. The van der Waals surface area contributed by atoms with Crippen LogP contribution in [0.4, 0.5) is 0 Å². The van der Waals surface area contributed by atoms with Gasteiger partial charge in [-0.15, -0.1) is 0 Å². The fraction of sp³-hybridized carbons (Fsp3) is 0.231. The minimum absolute atomic E-state index is 0.205. The van der Waals surface area contributed by atoms with Crippen molar-refractivity contribution in [3.05, 3.63) is 35.4 Å². The van der Waals surface area contributed by atoms with E-state index in [-0.39, 0.29) is 11.7 Å². The lowest BCUT2D eigenvalue weighted by molar-refractivity contribution is -0.118. The van der Waals surface area contributed by atoms with Gasteiger partial charge in [-0.2, -0.15) is 0 Å². The number of aromatic nitrogens is 1. The molecule has 5 heteroatoms. The third kappa shape index (κ3) is 2.80. The first-order valence-electron chi connectivity index (χ1n) is 5.60. The van der Waals surface area contributed by atoms with Gasteiger partial charge in [0.25, 0.3) is 0 Å². The van der Waals surface area contributed by atoms with Gasteiger partial charge in [0.1, 0.15) is 0 Å². The third-order valence-corrected chi connectivity index (χ3v) is 3.57. The van der Waals surface area contributed by atoms with Gasteiger partial charge in [0.15, 0.2) is 0 Å². The first kappa shape index (κ1) is 12.9. The molecule has 2 aromatic rings. The Morgan fingerprint density at radius 2 is 2.17 bits per heavy atom. The molecule has 4 nitrogen and oxygen atoms in total. The first-order chi connectivity index (χ1) is 8.60. The number of amides is 1. The summed E-state index contributed by atoms with van der Waals surface area (Å²) in [5.74, 6) is 5.11. The van der Waals surface area contributed by atoms with Crippen LogP contribution in [0.3, 0.4) is 0 Å². The van der Waals surface area contributed by atoms with Gasteiger partial charge in [-0.25, -0.2) is 10.8 Å². The standard InChI is InChI=1S/C13H15N3OS/c1-8-3-4-11-10(5-8)9(2)6-13(15-11)18-7-12(17)16-14/h3-6H,7,14H2,1-2H3,(H,16,17). The lowest BCUT2D eigenvalue weighted by Crippen LogP contribution is -2.31. The van der Waals surface area contributed by atoms with Gasteiger partial charge in [0, 0.05) is 5.39 Å². The van der Waals surface area contributed by atoms with Crippen molar-refractivity contribution in [2.24, 2.45) is 5.84 Å². The predicted molar refractivity (Wildman–Crippen MR) is 74.3 cm³/mol. The molecule has 0 bridgehead atoms. The largest absolute Gasteiger partial charge is 0.294 e. The van der Waals surface area contributed by atoms with E-state index in [0.717, 1.165) is 15.9 Å². The second-order valence-electron chi connectivity index (χ2n) is 4.15. The van der Waals surface area contributed by atoms with Crippen LogP contribution in [0.5, 0.6) is 0 Å². The number of nitrogens with zero attached hydrogens (tertiary/aromatic N) is 1. The van der Waals surface area contributed by atoms with Crippen molar-refractivity contribution in [2.45, 2.75) is 18.9 Å². The van der Waals surface area contributed by atoms with Crippen molar-refractivity contribution < 1.29 is 4.79 Å². The summed E-state index contributed by atoms with van der Waals surface area (Å²) in [4.78, 5) is 15.6. The Hall–Kier alpha value is -1.59. The topological polar surface area (TPSA) is 68.0 Å². The van der Waals surface area contributed by atoms with E-state index in [1.54, 1.807) is 0 Å². The van der Waals surface area contributed by atoms with Crippen LogP contribution >= 0.6 is 11.8 Å². The van der Waals surface area contributed by atoms with Crippen molar-refractivity contribution in [3.8, 4) is 0 Å². The summed E-state index contributed by atoms with van der Waals surface area (Å²) in [6, 6.07) is 8.16. The average Bonchev–Trinajstić information content (AvgIpc) is 2.37. The maximum atomic E-state index is 11.1. The Bertz CT molecular complexity index is 598. The van der Waals surface area contributed by atoms with Crippen LogP contribution in [0, 0.1) is 13.8 Å². The van der Waals surface area contributed by atoms with E-state index in [9.17, 15) is 4.79 Å². The SMILES string of the molecule is Cc1ccc2nc(SCC(=O)NN)cc(C)c2c1. The summed E-state index contributed by atoms with van der Waals surface area (Å²) in [5, 5.41) is 2.00. The number of hydrogen-bond donors (Lipinski definition) is 2. The monoisotopic (exact) mass is 261 g/mol. The maximum absolute atomic E-state index is 11.1. The van der Waals surface area contributed by atoms with E-state index < -0.39 is 0 Å². The van der Waals surface area contributed by atoms with E-state index in [4.69, 9.17) is 5.84 Å². The molecule has 0 aliphatic heterocycles. The molecule has 1 aromatic heterocycles. The summed E-state index contributed by atoms with van der Waals surface area (Å²) in [5.41, 5.74) is 5.45. The lowest BCUT2D eigenvalue weighted by Gasteiger charge is -2.06. The van der Waals surface area contributed by atoms with Crippen LogP contribution in [0.1, 0.15) is 11.1 Å². The Morgan fingerprint density at radius 1 is 1.39 bits per heavy atom. The fourth-order valence-corrected chi connectivity index (χ4v) is 2.52. The zero-order chi connectivity index (χ0) is 13.1. The van der Waals surface area contributed by atoms with Crippen molar-refractivity contribution >= 4 is 28.6 Å². The summed E-state index contributed by atoms with van der Waals surface area (Å²) in [6.07, 6.45) is 0. The summed E-state index contributed by atoms with van der Waals surface area (Å²) < 4.78 is 0. The molecular weight excluding hydrogens is 246 g/mol. The van der Waals surface area contributed by atoms with Gasteiger partial charge in [0.05, 0.1) is 16.3 Å². The Labute approximate surface area is 110 Å². The number of fused-ring (bicyclic) bond motifs is 1. The Balaban J connectivity index is 2.31. The highest BCUT2D eigenvalue weighted by molar-refractivity contribution is 7.99. The highest BCUT2D eigenvalue weighted by atomic mass is 32.2. The molecule has 0 saturated carbocycles. The molecule has 2 rings (SSSR count). The number of benzene rings is 1. The average molecular weight is 261 g/mol. The molecule has 0 aliphatic carbocycles. The number of nitrogens with two attached hydrogens (primary N) is 1. The Kier molecular flexibility index (Phi) is 3.84. The molecule has 3 N–H and O–H groups in total. The number of rotatable bonds is 3. The van der Waals surface area contributed by atoms with Gasteiger partial charge >= 0.3 is 0 Å². The van der Waals surface area contributed by atoms with Crippen molar-refractivity contribution in [1.29, 1.82) is 0 Å². The minimum Gasteiger partial charge on any atom is -0.294 e. The van der Waals surface area contributed by atoms with Crippen LogP contribution in [0.25, 0.3) is 10.9 Å². The van der Waals surface area contributed by atoms with Crippen LogP contribution in [-0.4, -0.2) is 16.6 Å². The quantitative estimate of drug-likeness (QED) is 0.383. The number of carbonyl (C=O) groups is 1. The number of aryl methyl sites for hydroxylation is 2. The lowest BCUT2D eigenvalue weighted by atomic mass is 10.1. The fourth-order valence-electron chi connectivity index (χ4n) is 1.73. The van der Waals surface area contributed by atoms with Crippen LogP contribution in [-0.2, 0) is 4.79 Å². The maximum Gasteiger partial charge on any atom is 0.244 e. The van der Waals surface area contributed by atoms with Gasteiger partial charge < -0.3 is 0 Å². The van der Waals surface area contributed by atoms with Crippen LogP contribution in [0.15, 0.2) is 29.3 Å². The van der Waals surface area contributed by atoms with E-state index in [2.05, 4.69) is 30.3 Å². The molecule has 0 radical (unpaired) electrons. The van der Waals surface area contributed by atoms with E-state index in [1.165, 1.54) is 22.9 Å². The molecule has 1 amide bonds. The molecule has 0 spiro atoms. The highest BCUT2D eigenvalue weighted by Gasteiger charge is 2.06. The van der Waals surface area contributed by atoms with Gasteiger partial charge in [-0.1, -0.05) is 23.4 Å². The molecular formula is C13H15N3OS. The highest BCUT2D eigenvalue weighted by Crippen LogP contribution is 2.24. The summed E-state index contributed by atoms with van der Waals surface area (Å²) >= 11 is 1.38. The number of hydrogen-bond acceptors (Lipinski definition) is 4. The smallest absolute Gasteiger partial charge is 0.244 e. The number of thioether (sulfide) groups is 1. The van der Waals surface area contributed by atoms with E-state index in [0.29, 0.717) is 0 Å². The predicted octanol–water partition coefficient (Wildman–Crippen LogP) is 1.93. The molecule has 94 valence electrons. The van der Waals surface area contributed by atoms with Crippen LogP contribution in [0.2, 0.25) is 0 Å². The Morgan fingerprint density at radius 3 is 2.89 bits per heavy atom. The second kappa shape index (κ2) is 5.37. The number of pyridine rings is 1. The van der Waals surface area contributed by atoms with Crippen molar-refractivity contribution in [3.63, 3.8) is 0 Å². The van der Waals surface area contributed by atoms with E-state index >= 15 is 0 Å². The van der Waals surface area contributed by atoms with Crippen molar-refractivity contribution in [2.75, 3.05) is 5.75 Å². The molecule has 0 unspecified atom stereocenters. The molecule has 0 atom stereocenters. The van der Waals surface area contributed by atoms with Gasteiger partial charge in [0.2, 0.25) is 5.91 Å².